The molecule has 1 N–H and O–H groups in total. The van der Waals surface area contributed by atoms with Gasteiger partial charge in [0.2, 0.25) is 0 Å². The van der Waals surface area contributed by atoms with Crippen LogP contribution in [0.2, 0.25) is 0 Å². The summed E-state index contributed by atoms with van der Waals surface area (Å²) in [5.41, 5.74) is 1.31. The van der Waals surface area contributed by atoms with E-state index in [4.69, 9.17) is 9.15 Å². The number of nitrogens with one attached hydrogen (secondary N) is 1. The molecule has 1 aromatic heterocycles. The number of methoxy groups -OCH3 is 1. The fourth-order valence-corrected chi connectivity index (χ4v) is 2.39. The van der Waals surface area contributed by atoms with Gasteiger partial charge >= 0.3 is 0 Å². The standard InChI is InChI=1S/C16H28N2O2/c1-12(2)17-10-16-9-14(13(3)20-16)11-18(7-8-19-4)15-5-6-15/h9,12,15,17H,5-8,10-11H2,1-4H3. The van der Waals surface area contributed by atoms with Crippen LogP contribution >= 0.6 is 0 Å². The average Bonchev–Trinajstić information content (AvgIpc) is 3.18. The Hall–Kier alpha value is -0.840. The number of rotatable bonds is 9. The van der Waals surface area contributed by atoms with Crippen LogP contribution in [-0.2, 0) is 17.8 Å². The number of aryl methyl sites for hydroxylation is 1. The van der Waals surface area contributed by atoms with Crippen LogP contribution in [0.5, 0.6) is 0 Å². The van der Waals surface area contributed by atoms with Crippen molar-refractivity contribution in [2.24, 2.45) is 0 Å². The molecule has 1 aromatic rings. The largest absolute Gasteiger partial charge is 0.465 e. The lowest BCUT2D eigenvalue weighted by atomic mass is 10.2. The molecular weight excluding hydrogens is 252 g/mol. The van der Waals surface area contributed by atoms with E-state index in [-0.39, 0.29) is 0 Å². The van der Waals surface area contributed by atoms with Crippen LogP contribution in [0, 0.1) is 6.92 Å². The second-order valence-corrected chi connectivity index (χ2v) is 6.02. The molecule has 0 atom stereocenters. The molecule has 1 heterocycles. The molecule has 0 aliphatic heterocycles. The lowest BCUT2D eigenvalue weighted by Crippen LogP contribution is -2.29. The highest BCUT2D eigenvalue weighted by Gasteiger charge is 2.29. The summed E-state index contributed by atoms with van der Waals surface area (Å²) in [6, 6.07) is 3.43. The molecule has 0 spiro atoms. The Balaban J connectivity index is 1.93. The first-order valence-corrected chi connectivity index (χ1v) is 7.64. The minimum absolute atomic E-state index is 0.480. The van der Waals surface area contributed by atoms with Crippen LogP contribution < -0.4 is 5.32 Å². The van der Waals surface area contributed by atoms with E-state index in [1.54, 1.807) is 7.11 Å². The SMILES string of the molecule is COCCN(Cc1cc(CNC(C)C)oc1C)C1CC1. The molecule has 1 aliphatic carbocycles. The molecule has 0 aromatic carbocycles. The molecule has 0 bridgehead atoms. The Morgan fingerprint density at radius 1 is 1.45 bits per heavy atom. The summed E-state index contributed by atoms with van der Waals surface area (Å²) in [4.78, 5) is 2.51. The Morgan fingerprint density at radius 3 is 2.80 bits per heavy atom. The van der Waals surface area contributed by atoms with Crippen molar-refractivity contribution in [1.82, 2.24) is 10.2 Å². The van der Waals surface area contributed by atoms with Gasteiger partial charge in [0.25, 0.3) is 0 Å². The summed E-state index contributed by atoms with van der Waals surface area (Å²) < 4.78 is 11.1. The fourth-order valence-electron chi connectivity index (χ4n) is 2.39. The highest BCUT2D eigenvalue weighted by Crippen LogP contribution is 2.29. The van der Waals surface area contributed by atoms with Crippen LogP contribution in [0.1, 0.15) is 43.8 Å². The first-order valence-electron chi connectivity index (χ1n) is 7.64. The van der Waals surface area contributed by atoms with Gasteiger partial charge in [0.15, 0.2) is 0 Å². The summed E-state index contributed by atoms with van der Waals surface area (Å²) >= 11 is 0. The van der Waals surface area contributed by atoms with Crippen LogP contribution in [0.25, 0.3) is 0 Å². The zero-order valence-electron chi connectivity index (χ0n) is 13.2. The lowest BCUT2D eigenvalue weighted by Gasteiger charge is -2.21. The molecule has 1 saturated carbocycles. The summed E-state index contributed by atoms with van der Waals surface area (Å²) in [5, 5.41) is 3.40. The Kier molecular flexibility index (Phi) is 5.64. The lowest BCUT2D eigenvalue weighted by molar-refractivity contribution is 0.139. The normalized spacial score (nSPS) is 15.5. The highest BCUT2D eigenvalue weighted by atomic mass is 16.5. The zero-order valence-corrected chi connectivity index (χ0v) is 13.2. The summed E-state index contributed by atoms with van der Waals surface area (Å²) in [7, 11) is 1.77. The van der Waals surface area contributed by atoms with Crippen molar-refractivity contribution in [2.45, 2.75) is 58.8 Å². The van der Waals surface area contributed by atoms with Gasteiger partial charge in [-0.05, 0) is 25.8 Å². The van der Waals surface area contributed by atoms with Crippen LogP contribution in [-0.4, -0.2) is 37.2 Å². The van der Waals surface area contributed by atoms with Gasteiger partial charge < -0.3 is 14.5 Å². The first kappa shape index (κ1) is 15.5. The van der Waals surface area contributed by atoms with Crippen molar-refractivity contribution in [2.75, 3.05) is 20.3 Å². The maximum Gasteiger partial charge on any atom is 0.118 e. The molecule has 0 unspecified atom stereocenters. The van der Waals surface area contributed by atoms with Crippen LogP contribution in [0.15, 0.2) is 10.5 Å². The van der Waals surface area contributed by atoms with Crippen molar-refractivity contribution in [1.29, 1.82) is 0 Å². The van der Waals surface area contributed by atoms with Gasteiger partial charge in [-0.15, -0.1) is 0 Å². The second-order valence-electron chi connectivity index (χ2n) is 6.02. The van der Waals surface area contributed by atoms with Crippen LogP contribution in [0.3, 0.4) is 0 Å². The predicted molar refractivity (Wildman–Crippen MR) is 80.7 cm³/mol. The van der Waals surface area contributed by atoms with Gasteiger partial charge in [0, 0.05) is 37.8 Å². The molecule has 114 valence electrons. The summed E-state index contributed by atoms with van der Waals surface area (Å²) in [6.45, 7) is 9.95. The number of hydrogen-bond acceptors (Lipinski definition) is 4. The Bertz CT molecular complexity index is 411. The van der Waals surface area contributed by atoms with Gasteiger partial charge in [-0.1, -0.05) is 13.8 Å². The van der Waals surface area contributed by atoms with Gasteiger partial charge in [-0.25, -0.2) is 0 Å². The molecule has 4 heteroatoms. The average molecular weight is 280 g/mol. The zero-order chi connectivity index (χ0) is 14.5. The quantitative estimate of drug-likeness (QED) is 0.755. The third-order valence-corrected chi connectivity index (χ3v) is 3.78. The van der Waals surface area contributed by atoms with E-state index in [0.717, 1.165) is 43.8 Å². The maximum absolute atomic E-state index is 5.85. The van der Waals surface area contributed by atoms with E-state index in [1.807, 2.05) is 0 Å². The molecule has 1 fully saturated rings. The van der Waals surface area contributed by atoms with Crippen molar-refractivity contribution >= 4 is 0 Å². The van der Waals surface area contributed by atoms with E-state index >= 15 is 0 Å². The Labute approximate surface area is 122 Å². The molecule has 0 radical (unpaired) electrons. The highest BCUT2D eigenvalue weighted by molar-refractivity contribution is 5.21. The smallest absolute Gasteiger partial charge is 0.118 e. The molecule has 20 heavy (non-hydrogen) atoms. The van der Waals surface area contributed by atoms with Gasteiger partial charge in [0.05, 0.1) is 13.2 Å². The van der Waals surface area contributed by atoms with E-state index in [9.17, 15) is 0 Å². The number of nitrogens with zero attached hydrogens (tertiary/aromatic N) is 1. The summed E-state index contributed by atoms with van der Waals surface area (Å²) in [6.07, 6.45) is 2.64. The summed E-state index contributed by atoms with van der Waals surface area (Å²) in [5.74, 6) is 2.09. The topological polar surface area (TPSA) is 37.6 Å². The molecule has 2 rings (SSSR count). The molecule has 0 amide bonds. The minimum atomic E-state index is 0.480. The first-order chi connectivity index (χ1) is 9.60. The predicted octanol–water partition coefficient (Wildman–Crippen LogP) is 2.70. The van der Waals surface area contributed by atoms with Crippen LogP contribution in [0.4, 0.5) is 0 Å². The number of hydrogen-bond donors (Lipinski definition) is 1. The van der Waals surface area contributed by atoms with Gasteiger partial charge in [-0.2, -0.15) is 0 Å². The molecular formula is C16H28N2O2. The van der Waals surface area contributed by atoms with E-state index in [0.29, 0.717) is 6.04 Å². The molecule has 4 nitrogen and oxygen atoms in total. The number of ether oxygens (including phenoxy) is 1. The minimum Gasteiger partial charge on any atom is -0.465 e. The van der Waals surface area contributed by atoms with Gasteiger partial charge in [-0.3, -0.25) is 4.90 Å². The molecule has 1 aliphatic rings. The third kappa shape index (κ3) is 4.62. The van der Waals surface area contributed by atoms with Gasteiger partial charge in [0.1, 0.15) is 11.5 Å². The van der Waals surface area contributed by atoms with Crippen molar-refractivity contribution < 1.29 is 9.15 Å². The van der Waals surface area contributed by atoms with Crippen molar-refractivity contribution in [3.8, 4) is 0 Å². The van der Waals surface area contributed by atoms with E-state index in [2.05, 4.69) is 37.1 Å². The number of furan rings is 1. The fraction of sp³-hybridized carbons (Fsp3) is 0.750. The molecule has 0 saturated heterocycles. The van der Waals surface area contributed by atoms with Crippen molar-refractivity contribution in [3.05, 3.63) is 23.2 Å². The Morgan fingerprint density at radius 2 is 2.20 bits per heavy atom. The third-order valence-electron chi connectivity index (χ3n) is 3.78. The van der Waals surface area contributed by atoms with E-state index < -0.39 is 0 Å². The maximum atomic E-state index is 5.85. The van der Waals surface area contributed by atoms with Crippen molar-refractivity contribution in [3.63, 3.8) is 0 Å². The van der Waals surface area contributed by atoms with E-state index in [1.165, 1.54) is 18.4 Å². The second kappa shape index (κ2) is 7.25. The monoisotopic (exact) mass is 280 g/mol.